The smallest absolute Gasteiger partial charge is 0.256 e. The van der Waals surface area contributed by atoms with Crippen LogP contribution in [-0.2, 0) is 15.2 Å². The van der Waals surface area contributed by atoms with Gasteiger partial charge in [-0.25, -0.2) is 8.42 Å². The third-order valence-corrected chi connectivity index (χ3v) is 0.447. The summed E-state index contributed by atoms with van der Waals surface area (Å²) in [4.78, 5) is 0. The fourth-order valence-corrected chi connectivity index (χ4v) is 0. The predicted molar refractivity (Wildman–Crippen MR) is 17.3 cm³/mol. The predicted octanol–water partition coefficient (Wildman–Crippen LogP) is -0.841. The quantitative estimate of drug-likeness (QED) is 0.604. The summed E-state index contributed by atoms with van der Waals surface area (Å²) in [6.07, 6.45) is 0. The molecule has 0 aliphatic rings. The first kappa shape index (κ1) is 10.3. The molecule has 5 heteroatoms. The molecule has 6 heavy (non-hydrogen) atoms. The third-order valence-electron chi connectivity index (χ3n) is 0.149. The van der Waals surface area contributed by atoms with Crippen molar-refractivity contribution < 1.29 is 54.3 Å². The second kappa shape index (κ2) is 6.29. The van der Waals surface area contributed by atoms with Gasteiger partial charge in [-0.05, 0) is 0 Å². The Morgan fingerprint density at radius 1 is 1.50 bits per heavy atom. The number of hydrogen-bond donors (Lipinski definition) is 1. The fourth-order valence-electron chi connectivity index (χ4n) is 0. The molecule has 0 atom stereocenters. The normalized spacial score (nSPS) is 7.67. The standard InChI is InChI=1S/CH4O3S.Ce/c1-4-5(2)3;/h5H,1H3;. The molecule has 0 aromatic heterocycles. The first-order valence-corrected chi connectivity index (χ1v) is 2.05. The Balaban J connectivity index is 0. The molecular weight excluding hydrogens is 232 g/mol. The van der Waals surface area contributed by atoms with Crippen molar-refractivity contribution in [2.45, 2.75) is 0 Å². The van der Waals surface area contributed by atoms with Gasteiger partial charge in [-0.3, -0.25) is 4.18 Å². The summed E-state index contributed by atoms with van der Waals surface area (Å²) in [6, 6.07) is 0. The monoisotopic (exact) mass is 236 g/mol. The molecule has 36 valence electrons. The van der Waals surface area contributed by atoms with Crippen LogP contribution in [0, 0.1) is 41.7 Å². The molecule has 0 amide bonds. The van der Waals surface area contributed by atoms with Gasteiger partial charge in [0.25, 0.3) is 11.0 Å². The van der Waals surface area contributed by atoms with Crippen molar-refractivity contribution in [2.24, 2.45) is 0 Å². The zero-order chi connectivity index (χ0) is 4.28. The van der Waals surface area contributed by atoms with Gasteiger partial charge in [0.2, 0.25) is 0 Å². The van der Waals surface area contributed by atoms with E-state index >= 15 is 0 Å². The van der Waals surface area contributed by atoms with E-state index in [1.165, 1.54) is 0 Å². The Bertz CT molecular complexity index is 68.9. The van der Waals surface area contributed by atoms with E-state index in [1.54, 1.807) is 0 Å². The minimum Gasteiger partial charge on any atom is -0.276 e. The summed E-state index contributed by atoms with van der Waals surface area (Å²) >= 11 is 0. The second-order valence-electron chi connectivity index (χ2n) is 0.406. The van der Waals surface area contributed by atoms with Crippen LogP contribution in [0.15, 0.2) is 0 Å². The minimum absolute atomic E-state index is 0. The molecule has 0 radical (unpaired) electrons. The Morgan fingerprint density at radius 3 is 1.67 bits per heavy atom. The van der Waals surface area contributed by atoms with E-state index in [0.717, 1.165) is 7.11 Å². The van der Waals surface area contributed by atoms with Gasteiger partial charge in [-0.15, -0.1) is 0 Å². The third kappa shape index (κ3) is 8.99. The van der Waals surface area contributed by atoms with Crippen molar-refractivity contribution in [1.82, 2.24) is 0 Å². The molecule has 0 heterocycles. The molecule has 0 rings (SSSR count). The maximum absolute atomic E-state index is 9.18. The van der Waals surface area contributed by atoms with Crippen LogP contribution in [0.2, 0.25) is 0 Å². The average molecular weight is 236 g/mol. The zero-order valence-corrected chi connectivity index (χ0v) is 7.21. The van der Waals surface area contributed by atoms with Crippen molar-refractivity contribution in [3.63, 3.8) is 0 Å². The summed E-state index contributed by atoms with van der Waals surface area (Å²) in [5.41, 5.74) is 0. The van der Waals surface area contributed by atoms with Crippen LogP contribution in [0.25, 0.3) is 0 Å². The van der Waals surface area contributed by atoms with Crippen LogP contribution in [0.5, 0.6) is 0 Å². The Kier molecular flexibility index (Phi) is 10.8. The van der Waals surface area contributed by atoms with Gasteiger partial charge >= 0.3 is 0 Å². The zero-order valence-electron chi connectivity index (χ0n) is 3.17. The molecular formula is CH4CeO3S. The number of thiol groups is 1. The van der Waals surface area contributed by atoms with Crippen LogP contribution < -0.4 is 0 Å². The van der Waals surface area contributed by atoms with Gasteiger partial charge in [0.05, 0.1) is 7.11 Å². The summed E-state index contributed by atoms with van der Waals surface area (Å²) in [6.45, 7) is 0. The maximum atomic E-state index is 9.18. The van der Waals surface area contributed by atoms with Crippen molar-refractivity contribution in [2.75, 3.05) is 7.11 Å². The largest absolute Gasteiger partial charge is 0.276 e. The van der Waals surface area contributed by atoms with E-state index in [9.17, 15) is 8.42 Å². The summed E-state index contributed by atoms with van der Waals surface area (Å²) in [5.74, 6) is 0. The Hall–Kier alpha value is 1.29. The Labute approximate surface area is 71.6 Å². The number of rotatable bonds is 1. The van der Waals surface area contributed by atoms with Gasteiger partial charge in [0.15, 0.2) is 0 Å². The molecule has 0 unspecified atom stereocenters. The number of hydrogen-bond acceptors (Lipinski definition) is 3. The first-order chi connectivity index (χ1) is 2.27. The first-order valence-electron chi connectivity index (χ1n) is 0.956. The average Bonchev–Trinajstić information content (AvgIpc) is 1.38. The second-order valence-corrected chi connectivity index (χ2v) is 1.22. The van der Waals surface area contributed by atoms with E-state index in [-0.39, 0.29) is 41.7 Å². The maximum Gasteiger partial charge on any atom is 0.256 e. The molecule has 0 aliphatic carbocycles. The molecule has 3 nitrogen and oxygen atoms in total. The van der Waals surface area contributed by atoms with Gasteiger partial charge in [-0.1, -0.05) is 0 Å². The van der Waals surface area contributed by atoms with Crippen LogP contribution in [0.1, 0.15) is 0 Å². The molecule has 0 fully saturated rings. The molecule has 0 N–H and O–H groups in total. The van der Waals surface area contributed by atoms with E-state index in [1.807, 2.05) is 0 Å². The van der Waals surface area contributed by atoms with Crippen molar-refractivity contribution >= 4 is 11.0 Å². The van der Waals surface area contributed by atoms with Crippen LogP contribution in [0.4, 0.5) is 0 Å². The van der Waals surface area contributed by atoms with Gasteiger partial charge in [-0.2, -0.15) is 0 Å². The molecule has 0 saturated heterocycles. The molecule has 0 aromatic carbocycles. The molecule has 0 aliphatic heterocycles. The van der Waals surface area contributed by atoms with Gasteiger partial charge in [0.1, 0.15) is 0 Å². The fraction of sp³-hybridized carbons (Fsp3) is 1.00. The van der Waals surface area contributed by atoms with Crippen LogP contribution in [0.3, 0.4) is 0 Å². The van der Waals surface area contributed by atoms with E-state index in [0.29, 0.717) is 0 Å². The van der Waals surface area contributed by atoms with E-state index in [2.05, 4.69) is 4.18 Å². The van der Waals surface area contributed by atoms with E-state index in [4.69, 9.17) is 0 Å². The molecule has 0 saturated carbocycles. The SMILES string of the molecule is CO[SH](=O)=O.[Ce]. The van der Waals surface area contributed by atoms with Crippen LogP contribution in [-0.4, -0.2) is 15.5 Å². The Morgan fingerprint density at radius 2 is 1.67 bits per heavy atom. The molecule has 0 aromatic rings. The summed E-state index contributed by atoms with van der Waals surface area (Å²) in [5, 5.41) is 0. The van der Waals surface area contributed by atoms with Gasteiger partial charge < -0.3 is 0 Å². The van der Waals surface area contributed by atoms with Crippen molar-refractivity contribution in [3.05, 3.63) is 0 Å². The minimum atomic E-state index is -2.60. The van der Waals surface area contributed by atoms with Gasteiger partial charge in [0, 0.05) is 41.7 Å². The van der Waals surface area contributed by atoms with E-state index < -0.39 is 11.0 Å². The van der Waals surface area contributed by atoms with Crippen molar-refractivity contribution in [1.29, 1.82) is 0 Å². The summed E-state index contributed by atoms with van der Waals surface area (Å²) < 4.78 is 22.1. The molecule has 0 bridgehead atoms. The van der Waals surface area contributed by atoms with Crippen molar-refractivity contribution in [3.8, 4) is 0 Å². The summed E-state index contributed by atoms with van der Waals surface area (Å²) in [7, 11) is -1.50. The molecule has 0 spiro atoms. The van der Waals surface area contributed by atoms with Crippen LogP contribution >= 0.6 is 0 Å². The topological polar surface area (TPSA) is 43.4 Å².